The first-order valence-electron chi connectivity index (χ1n) is 6.13. The lowest BCUT2D eigenvalue weighted by molar-refractivity contribution is 0.0698. The summed E-state index contributed by atoms with van der Waals surface area (Å²) in [6.45, 7) is 0.706. The number of benzene rings is 1. The third kappa shape index (κ3) is 3.79. The molecule has 0 radical (unpaired) electrons. The number of hydrogen-bond donors (Lipinski definition) is 2. The van der Waals surface area contributed by atoms with Gasteiger partial charge in [0.1, 0.15) is 0 Å². The average Bonchev–Trinajstić information content (AvgIpc) is 2.42. The first-order valence-corrected chi connectivity index (χ1v) is 8.43. The minimum atomic E-state index is -3.75. The summed E-state index contributed by atoms with van der Waals surface area (Å²) in [5.74, 6) is -1.32. The molecule has 2 rings (SSSR count). The van der Waals surface area contributed by atoms with Crippen LogP contribution in [0, 0.1) is 0 Å². The fourth-order valence-corrected chi connectivity index (χ4v) is 4.14. The number of ether oxygens (including phenoxy) is 1. The predicted octanol–water partition coefficient (Wildman–Crippen LogP) is 2.61. The van der Waals surface area contributed by atoms with Crippen molar-refractivity contribution in [3.05, 3.63) is 27.7 Å². The van der Waals surface area contributed by atoms with E-state index in [0.29, 0.717) is 26.1 Å². The van der Waals surface area contributed by atoms with E-state index in [-0.39, 0.29) is 21.3 Å². The summed E-state index contributed by atoms with van der Waals surface area (Å²) in [5, 5.41) is 8.57. The number of aromatic carboxylic acids is 1. The van der Waals surface area contributed by atoms with E-state index in [1.165, 1.54) is 6.07 Å². The second-order valence-corrected chi connectivity index (χ2v) is 7.38. The van der Waals surface area contributed by atoms with Crippen LogP contribution in [-0.4, -0.2) is 38.0 Å². The second-order valence-electron chi connectivity index (χ2n) is 4.57. The van der Waals surface area contributed by atoms with Gasteiger partial charge in [0.2, 0.25) is 10.0 Å². The predicted molar refractivity (Wildman–Crippen MR) is 79.8 cm³/mol. The maximum absolute atomic E-state index is 12.3. The maximum Gasteiger partial charge on any atom is 0.337 e. The topological polar surface area (TPSA) is 92.7 Å². The number of halogens is 2. The lowest BCUT2D eigenvalue weighted by atomic mass is 10.2. The highest BCUT2D eigenvalue weighted by Crippen LogP contribution is 2.32. The van der Waals surface area contributed by atoms with Crippen LogP contribution in [0.1, 0.15) is 23.2 Å². The smallest absolute Gasteiger partial charge is 0.337 e. The van der Waals surface area contributed by atoms with Gasteiger partial charge in [-0.05, 0) is 25.0 Å². The van der Waals surface area contributed by atoms with Crippen molar-refractivity contribution in [3.8, 4) is 0 Å². The van der Waals surface area contributed by atoms with Crippen molar-refractivity contribution in [1.29, 1.82) is 0 Å². The van der Waals surface area contributed by atoms with E-state index in [0.717, 1.165) is 6.07 Å². The number of sulfonamides is 1. The Morgan fingerprint density at radius 1 is 1.29 bits per heavy atom. The first kappa shape index (κ1) is 16.4. The minimum absolute atomic E-state index is 0.0597. The third-order valence-corrected chi connectivity index (χ3v) is 5.49. The Balaban J connectivity index is 2.36. The SMILES string of the molecule is O=C(O)c1cc(Cl)cc(Cl)c1NS(=O)(=O)C1CCOCC1. The van der Waals surface area contributed by atoms with Crippen molar-refractivity contribution >= 4 is 44.9 Å². The quantitative estimate of drug-likeness (QED) is 0.867. The summed E-state index contributed by atoms with van der Waals surface area (Å²) < 4.78 is 32.0. The molecule has 116 valence electrons. The van der Waals surface area contributed by atoms with Gasteiger partial charge in [0.25, 0.3) is 0 Å². The van der Waals surface area contributed by atoms with Crippen molar-refractivity contribution < 1.29 is 23.1 Å². The summed E-state index contributed by atoms with van der Waals surface area (Å²) in [7, 11) is -3.75. The molecule has 0 aromatic heterocycles. The van der Waals surface area contributed by atoms with E-state index in [9.17, 15) is 13.2 Å². The van der Waals surface area contributed by atoms with Crippen molar-refractivity contribution in [2.75, 3.05) is 17.9 Å². The molecule has 2 N–H and O–H groups in total. The summed E-state index contributed by atoms with van der Waals surface area (Å²) >= 11 is 11.7. The molecule has 0 unspecified atom stereocenters. The molecule has 1 aromatic rings. The number of nitrogens with one attached hydrogen (secondary N) is 1. The van der Waals surface area contributed by atoms with Gasteiger partial charge in [-0.25, -0.2) is 13.2 Å². The van der Waals surface area contributed by atoms with Gasteiger partial charge in [0.05, 0.1) is 21.5 Å². The van der Waals surface area contributed by atoms with Gasteiger partial charge in [-0.15, -0.1) is 0 Å². The highest BCUT2D eigenvalue weighted by Gasteiger charge is 2.29. The van der Waals surface area contributed by atoms with Crippen molar-refractivity contribution in [3.63, 3.8) is 0 Å². The monoisotopic (exact) mass is 353 g/mol. The van der Waals surface area contributed by atoms with Gasteiger partial charge in [-0.3, -0.25) is 4.72 Å². The van der Waals surface area contributed by atoms with Crippen LogP contribution >= 0.6 is 23.2 Å². The molecule has 1 saturated heterocycles. The molecule has 1 aliphatic rings. The van der Waals surface area contributed by atoms with Gasteiger partial charge >= 0.3 is 5.97 Å². The Morgan fingerprint density at radius 2 is 1.90 bits per heavy atom. The number of carboxylic acid groups (broad SMARTS) is 1. The van der Waals surface area contributed by atoms with Crippen LogP contribution in [0.3, 0.4) is 0 Å². The van der Waals surface area contributed by atoms with Crippen molar-refractivity contribution in [1.82, 2.24) is 0 Å². The molecule has 0 spiro atoms. The molecule has 0 saturated carbocycles. The number of anilines is 1. The maximum atomic E-state index is 12.3. The normalized spacial score (nSPS) is 16.7. The van der Waals surface area contributed by atoms with Crippen LogP contribution in [0.25, 0.3) is 0 Å². The van der Waals surface area contributed by atoms with E-state index in [4.69, 9.17) is 33.0 Å². The Morgan fingerprint density at radius 3 is 2.48 bits per heavy atom. The number of carbonyl (C=O) groups is 1. The molecule has 9 heteroatoms. The van der Waals surface area contributed by atoms with Crippen LogP contribution in [0.15, 0.2) is 12.1 Å². The van der Waals surface area contributed by atoms with E-state index in [1.807, 2.05) is 0 Å². The molecule has 1 aromatic carbocycles. The van der Waals surface area contributed by atoms with E-state index >= 15 is 0 Å². The Hall–Kier alpha value is -1.02. The molecule has 21 heavy (non-hydrogen) atoms. The molecule has 1 fully saturated rings. The molecular weight excluding hydrogens is 341 g/mol. The zero-order chi connectivity index (χ0) is 15.6. The van der Waals surface area contributed by atoms with Gasteiger partial charge in [-0.2, -0.15) is 0 Å². The first-order chi connectivity index (χ1) is 9.81. The highest BCUT2D eigenvalue weighted by molar-refractivity contribution is 7.93. The summed E-state index contributed by atoms with van der Waals surface area (Å²) in [5.41, 5.74) is -0.455. The zero-order valence-corrected chi connectivity index (χ0v) is 13.1. The van der Waals surface area contributed by atoms with Crippen LogP contribution in [0.2, 0.25) is 10.0 Å². The van der Waals surface area contributed by atoms with Crippen LogP contribution in [0.5, 0.6) is 0 Å². The number of hydrogen-bond acceptors (Lipinski definition) is 4. The molecule has 0 amide bonds. The summed E-state index contributed by atoms with van der Waals surface area (Å²) in [4.78, 5) is 11.2. The van der Waals surface area contributed by atoms with Crippen LogP contribution in [-0.2, 0) is 14.8 Å². The number of rotatable bonds is 4. The molecule has 0 atom stereocenters. The highest BCUT2D eigenvalue weighted by atomic mass is 35.5. The summed E-state index contributed by atoms with van der Waals surface area (Å²) in [6, 6.07) is 2.44. The lowest BCUT2D eigenvalue weighted by Gasteiger charge is -2.23. The van der Waals surface area contributed by atoms with E-state index in [1.54, 1.807) is 0 Å². The Kier molecular flexibility index (Phi) is 4.98. The standard InChI is InChI=1S/C12H13Cl2NO5S/c13-7-5-9(12(16)17)11(10(14)6-7)15-21(18,19)8-1-3-20-4-2-8/h5-6,8,15H,1-4H2,(H,16,17). The van der Waals surface area contributed by atoms with E-state index in [2.05, 4.69) is 4.72 Å². The molecule has 1 heterocycles. The van der Waals surface area contributed by atoms with Crippen molar-refractivity contribution in [2.24, 2.45) is 0 Å². The van der Waals surface area contributed by atoms with Crippen LogP contribution in [0.4, 0.5) is 5.69 Å². The molecule has 0 bridgehead atoms. The molecule has 1 aliphatic heterocycles. The second kappa shape index (κ2) is 6.39. The minimum Gasteiger partial charge on any atom is -0.478 e. The van der Waals surface area contributed by atoms with Gasteiger partial charge in [0, 0.05) is 18.2 Å². The van der Waals surface area contributed by atoms with Gasteiger partial charge < -0.3 is 9.84 Å². The van der Waals surface area contributed by atoms with Crippen LogP contribution < -0.4 is 4.72 Å². The Labute approximate surface area is 132 Å². The Bertz CT molecular complexity index is 656. The third-order valence-electron chi connectivity index (χ3n) is 3.14. The molecule has 6 nitrogen and oxygen atoms in total. The molecule has 0 aliphatic carbocycles. The largest absolute Gasteiger partial charge is 0.478 e. The lowest BCUT2D eigenvalue weighted by Crippen LogP contribution is -2.33. The summed E-state index contributed by atoms with van der Waals surface area (Å²) in [6.07, 6.45) is 0.700. The van der Waals surface area contributed by atoms with Gasteiger partial charge in [-0.1, -0.05) is 23.2 Å². The fraction of sp³-hybridized carbons (Fsp3) is 0.417. The average molecular weight is 354 g/mol. The zero-order valence-electron chi connectivity index (χ0n) is 10.8. The molecular formula is C12H13Cl2NO5S. The van der Waals surface area contributed by atoms with Crippen molar-refractivity contribution in [2.45, 2.75) is 18.1 Å². The fourth-order valence-electron chi connectivity index (χ4n) is 2.06. The number of carboxylic acids is 1. The van der Waals surface area contributed by atoms with Gasteiger partial charge in [0.15, 0.2) is 0 Å². The van der Waals surface area contributed by atoms with E-state index < -0.39 is 21.2 Å².